The van der Waals surface area contributed by atoms with Crippen LogP contribution in [0.15, 0.2) is 72.8 Å². The summed E-state index contributed by atoms with van der Waals surface area (Å²) in [4.78, 5) is 4.56. The smallest absolute Gasteiger partial charge is 0.119 e. The van der Waals surface area contributed by atoms with Crippen LogP contribution in [0.3, 0.4) is 0 Å². The van der Waals surface area contributed by atoms with E-state index < -0.39 is 0 Å². The van der Waals surface area contributed by atoms with E-state index in [1.807, 2.05) is 79.7 Å². The lowest BCUT2D eigenvalue weighted by Gasteiger charge is -2.12. The summed E-state index contributed by atoms with van der Waals surface area (Å²) in [6.07, 6.45) is 0. The largest absolute Gasteiger partial charge is 0.489 e. The Hall–Kier alpha value is -2.46. The molecule has 0 aliphatic heterocycles. The zero-order chi connectivity index (χ0) is 19.5. The summed E-state index contributed by atoms with van der Waals surface area (Å²) in [7, 11) is 0. The van der Waals surface area contributed by atoms with Crippen LogP contribution < -0.4 is 10.1 Å². The second kappa shape index (κ2) is 9.36. The zero-order valence-electron chi connectivity index (χ0n) is 15.7. The van der Waals surface area contributed by atoms with Crippen molar-refractivity contribution in [2.45, 2.75) is 13.5 Å². The Kier molecular flexibility index (Phi) is 6.86. The maximum absolute atomic E-state index is 6.17. The van der Waals surface area contributed by atoms with Gasteiger partial charge in [0.1, 0.15) is 12.4 Å². The van der Waals surface area contributed by atoms with E-state index in [-0.39, 0.29) is 12.4 Å². The lowest BCUT2D eigenvalue weighted by molar-refractivity contribution is 0.306. The summed E-state index contributed by atoms with van der Waals surface area (Å²) in [6, 6.07) is 23.2. The van der Waals surface area contributed by atoms with Crippen LogP contribution in [0.5, 0.6) is 5.75 Å². The molecule has 1 aromatic heterocycles. The molecule has 1 N–H and O–H groups in total. The number of aromatic nitrogens is 1. The molecule has 29 heavy (non-hydrogen) atoms. The van der Waals surface area contributed by atoms with E-state index in [0.717, 1.165) is 39.3 Å². The molecule has 148 valence electrons. The van der Waals surface area contributed by atoms with Crippen molar-refractivity contribution in [3.8, 4) is 5.75 Å². The highest BCUT2D eigenvalue weighted by Crippen LogP contribution is 2.29. The number of nitrogens with one attached hydrogen (secondary N) is 1. The van der Waals surface area contributed by atoms with E-state index >= 15 is 0 Å². The number of halogens is 3. The van der Waals surface area contributed by atoms with Crippen LogP contribution in [0.2, 0.25) is 10.0 Å². The maximum Gasteiger partial charge on any atom is 0.119 e. The quantitative estimate of drug-likeness (QED) is 0.343. The molecule has 0 fully saturated rings. The number of fused-ring (bicyclic) bond motifs is 1. The third-order valence-electron chi connectivity index (χ3n) is 4.38. The van der Waals surface area contributed by atoms with E-state index in [2.05, 4.69) is 10.3 Å². The van der Waals surface area contributed by atoms with Crippen molar-refractivity contribution >= 4 is 57.9 Å². The van der Waals surface area contributed by atoms with Gasteiger partial charge in [0.15, 0.2) is 0 Å². The fourth-order valence-corrected chi connectivity index (χ4v) is 3.36. The Morgan fingerprint density at radius 1 is 0.931 bits per heavy atom. The number of ether oxygens (including phenoxy) is 1. The molecule has 0 spiro atoms. The van der Waals surface area contributed by atoms with Crippen LogP contribution >= 0.6 is 35.6 Å². The molecule has 6 heteroatoms. The molecule has 4 aromatic rings. The summed E-state index contributed by atoms with van der Waals surface area (Å²) in [5.41, 5.74) is 4.73. The Bertz CT molecular complexity index is 1130. The first kappa shape index (κ1) is 21.3. The second-order valence-electron chi connectivity index (χ2n) is 6.50. The summed E-state index contributed by atoms with van der Waals surface area (Å²) in [5.74, 6) is 0.782. The number of hydrogen-bond donors (Lipinski definition) is 1. The van der Waals surface area contributed by atoms with Crippen molar-refractivity contribution in [3.63, 3.8) is 0 Å². The van der Waals surface area contributed by atoms with Crippen LogP contribution in [0.25, 0.3) is 10.9 Å². The fourth-order valence-electron chi connectivity index (χ4n) is 3.00. The molecule has 3 aromatic carbocycles. The molecule has 1 heterocycles. The average molecular weight is 446 g/mol. The molecule has 0 saturated heterocycles. The predicted molar refractivity (Wildman–Crippen MR) is 124 cm³/mol. The van der Waals surface area contributed by atoms with Gasteiger partial charge in [-0.3, -0.25) is 4.98 Å². The van der Waals surface area contributed by atoms with Gasteiger partial charge in [-0.25, -0.2) is 0 Å². The summed E-state index contributed by atoms with van der Waals surface area (Å²) in [6.45, 7) is 2.41. The van der Waals surface area contributed by atoms with E-state index in [0.29, 0.717) is 16.7 Å². The minimum atomic E-state index is 0. The lowest BCUT2D eigenvalue weighted by Crippen LogP contribution is -1.97. The Morgan fingerprint density at radius 2 is 1.69 bits per heavy atom. The van der Waals surface area contributed by atoms with Gasteiger partial charge in [0, 0.05) is 38.1 Å². The Labute approximate surface area is 186 Å². The summed E-state index contributed by atoms with van der Waals surface area (Å²) >= 11 is 12.3. The van der Waals surface area contributed by atoms with Gasteiger partial charge in [0.05, 0.1) is 5.52 Å². The first-order chi connectivity index (χ1) is 13.6. The number of anilines is 2. The monoisotopic (exact) mass is 444 g/mol. The normalized spacial score (nSPS) is 10.4. The minimum Gasteiger partial charge on any atom is -0.489 e. The van der Waals surface area contributed by atoms with Gasteiger partial charge in [-0.1, -0.05) is 41.4 Å². The molecule has 0 unspecified atom stereocenters. The molecule has 0 atom stereocenters. The minimum absolute atomic E-state index is 0. The van der Waals surface area contributed by atoms with Crippen molar-refractivity contribution in [2.75, 3.05) is 5.32 Å². The van der Waals surface area contributed by atoms with Crippen molar-refractivity contribution in [1.82, 2.24) is 4.98 Å². The Morgan fingerprint density at radius 3 is 2.45 bits per heavy atom. The highest BCUT2D eigenvalue weighted by molar-refractivity contribution is 6.31. The molecule has 0 bridgehead atoms. The molecule has 0 amide bonds. The van der Waals surface area contributed by atoms with Gasteiger partial charge in [-0.2, -0.15) is 0 Å². The van der Waals surface area contributed by atoms with Crippen molar-refractivity contribution in [1.29, 1.82) is 0 Å². The van der Waals surface area contributed by atoms with Gasteiger partial charge in [0.25, 0.3) is 0 Å². The maximum atomic E-state index is 6.17. The molecular formula is C23H19Cl3N2O. The molecule has 3 nitrogen and oxygen atoms in total. The SMILES string of the molecule is Cc1cc(Nc2ccc(OCc3ccccc3Cl)cc2)c2cc(Cl)ccc2n1.Cl. The molecule has 4 rings (SSSR count). The number of aryl methyl sites for hydroxylation is 1. The van der Waals surface area contributed by atoms with Gasteiger partial charge in [-0.05, 0) is 61.5 Å². The third kappa shape index (κ3) is 5.13. The molecule has 0 aliphatic rings. The third-order valence-corrected chi connectivity index (χ3v) is 4.99. The molecule has 0 aliphatic carbocycles. The fraction of sp³-hybridized carbons (Fsp3) is 0.0870. The van der Waals surface area contributed by atoms with Crippen LogP contribution in [0.1, 0.15) is 11.3 Å². The molecule has 0 saturated carbocycles. The van der Waals surface area contributed by atoms with Gasteiger partial charge >= 0.3 is 0 Å². The topological polar surface area (TPSA) is 34.1 Å². The number of rotatable bonds is 5. The first-order valence-corrected chi connectivity index (χ1v) is 9.64. The summed E-state index contributed by atoms with van der Waals surface area (Å²) < 4.78 is 5.84. The van der Waals surface area contributed by atoms with E-state index in [4.69, 9.17) is 27.9 Å². The average Bonchev–Trinajstić information content (AvgIpc) is 2.69. The highest BCUT2D eigenvalue weighted by atomic mass is 35.5. The zero-order valence-corrected chi connectivity index (χ0v) is 18.0. The second-order valence-corrected chi connectivity index (χ2v) is 7.35. The van der Waals surface area contributed by atoms with Gasteiger partial charge in [0.2, 0.25) is 0 Å². The summed E-state index contributed by atoms with van der Waals surface area (Å²) in [5, 5.41) is 5.83. The number of hydrogen-bond acceptors (Lipinski definition) is 3. The van der Waals surface area contributed by atoms with Crippen LogP contribution in [0, 0.1) is 6.92 Å². The van der Waals surface area contributed by atoms with E-state index in [9.17, 15) is 0 Å². The standard InChI is InChI=1S/C23H18Cl2N2O.ClH/c1-15-12-23(20-13-17(24)6-11-22(20)26-15)27-18-7-9-19(10-8-18)28-14-16-4-2-3-5-21(16)25;/h2-13H,14H2,1H3,(H,26,27);1H. The van der Waals surface area contributed by atoms with Gasteiger partial charge < -0.3 is 10.1 Å². The van der Waals surface area contributed by atoms with Crippen LogP contribution in [-0.4, -0.2) is 4.98 Å². The van der Waals surface area contributed by atoms with Crippen LogP contribution in [0.4, 0.5) is 11.4 Å². The number of pyridine rings is 1. The Balaban J connectivity index is 0.00000240. The van der Waals surface area contributed by atoms with Crippen molar-refractivity contribution in [3.05, 3.63) is 94.1 Å². The molecule has 0 radical (unpaired) electrons. The number of benzene rings is 3. The first-order valence-electron chi connectivity index (χ1n) is 8.89. The van der Waals surface area contributed by atoms with E-state index in [1.54, 1.807) is 0 Å². The predicted octanol–water partition coefficient (Wildman–Crippen LogP) is 7.59. The van der Waals surface area contributed by atoms with E-state index in [1.165, 1.54) is 0 Å². The lowest BCUT2D eigenvalue weighted by atomic mass is 10.1. The molecular weight excluding hydrogens is 427 g/mol. The van der Waals surface area contributed by atoms with Crippen molar-refractivity contribution in [2.24, 2.45) is 0 Å². The van der Waals surface area contributed by atoms with Gasteiger partial charge in [-0.15, -0.1) is 12.4 Å². The van der Waals surface area contributed by atoms with Crippen molar-refractivity contribution < 1.29 is 4.74 Å². The number of nitrogens with zero attached hydrogens (tertiary/aromatic N) is 1. The highest BCUT2D eigenvalue weighted by Gasteiger charge is 2.06. The van der Waals surface area contributed by atoms with Crippen LogP contribution in [-0.2, 0) is 6.61 Å².